The number of hydrogen-bond donors (Lipinski definition) is 0. The minimum atomic E-state index is 0.675. The molecule has 2 heterocycles. The van der Waals surface area contributed by atoms with Crippen LogP contribution in [0.4, 0.5) is 0 Å². The lowest BCUT2D eigenvalue weighted by Gasteiger charge is -2.20. The van der Waals surface area contributed by atoms with Gasteiger partial charge in [0.05, 0.1) is 19.8 Å². The van der Waals surface area contributed by atoms with Crippen LogP contribution in [0.1, 0.15) is 24.8 Å². The average molecular weight is 329 g/mol. The van der Waals surface area contributed by atoms with E-state index in [9.17, 15) is 0 Å². The highest BCUT2D eigenvalue weighted by atomic mass is 16.5. The molecule has 1 atom stereocenters. The third kappa shape index (κ3) is 3.26. The molecular formula is C19H27N3O2. The molecule has 5 heteroatoms. The number of ether oxygens (including phenoxy) is 2. The lowest BCUT2D eigenvalue weighted by molar-refractivity contribution is 0.286. The molecule has 0 bridgehead atoms. The summed E-state index contributed by atoms with van der Waals surface area (Å²) in [6.45, 7) is 4.24. The van der Waals surface area contributed by atoms with Gasteiger partial charge in [0, 0.05) is 25.0 Å². The van der Waals surface area contributed by atoms with E-state index in [4.69, 9.17) is 9.47 Å². The van der Waals surface area contributed by atoms with Crippen LogP contribution in [0.2, 0.25) is 0 Å². The van der Waals surface area contributed by atoms with Crippen LogP contribution in [0.15, 0.2) is 24.5 Å². The second-order valence-electron chi connectivity index (χ2n) is 6.56. The summed E-state index contributed by atoms with van der Waals surface area (Å²) in [5, 5.41) is 0. The van der Waals surface area contributed by atoms with Crippen molar-refractivity contribution in [1.29, 1.82) is 0 Å². The summed E-state index contributed by atoms with van der Waals surface area (Å²) in [5.74, 6) is 2.43. The van der Waals surface area contributed by atoms with E-state index in [1.165, 1.54) is 19.4 Å². The van der Waals surface area contributed by atoms with E-state index in [0.717, 1.165) is 41.4 Å². The van der Waals surface area contributed by atoms with Crippen molar-refractivity contribution in [2.45, 2.75) is 38.8 Å². The standard InChI is InChI=1S/C19H27N3O2/c1-14-12-16(18(24-4)17(13-14)23-3)19-20-8-11-22(19)10-7-15-6-5-9-21(15)2/h8,11-13,15H,5-7,9-10H2,1-4H3. The maximum atomic E-state index is 5.61. The van der Waals surface area contributed by atoms with Gasteiger partial charge >= 0.3 is 0 Å². The Morgan fingerprint density at radius 2 is 2.08 bits per heavy atom. The molecule has 1 unspecified atom stereocenters. The predicted molar refractivity (Wildman–Crippen MR) is 95.8 cm³/mol. The number of imidazole rings is 1. The SMILES string of the molecule is COc1cc(C)cc(-c2nccn2CCC2CCCN2C)c1OC. The van der Waals surface area contributed by atoms with Crippen molar-refractivity contribution >= 4 is 0 Å². The van der Waals surface area contributed by atoms with Gasteiger partial charge in [-0.1, -0.05) is 0 Å². The van der Waals surface area contributed by atoms with Crippen molar-refractivity contribution < 1.29 is 9.47 Å². The Labute approximate surface area is 144 Å². The summed E-state index contributed by atoms with van der Waals surface area (Å²) in [6, 6.07) is 4.78. The molecule has 1 aliphatic heterocycles. The van der Waals surface area contributed by atoms with E-state index in [2.05, 4.69) is 40.7 Å². The molecule has 0 spiro atoms. The first-order chi connectivity index (χ1) is 11.6. The van der Waals surface area contributed by atoms with E-state index in [0.29, 0.717) is 6.04 Å². The number of rotatable bonds is 6. The maximum Gasteiger partial charge on any atom is 0.171 e. The van der Waals surface area contributed by atoms with Crippen molar-refractivity contribution in [3.05, 3.63) is 30.1 Å². The van der Waals surface area contributed by atoms with Crippen LogP contribution in [-0.2, 0) is 6.54 Å². The summed E-state index contributed by atoms with van der Waals surface area (Å²) in [7, 11) is 5.57. The van der Waals surface area contributed by atoms with Crippen LogP contribution in [0, 0.1) is 6.92 Å². The maximum absolute atomic E-state index is 5.61. The smallest absolute Gasteiger partial charge is 0.171 e. The molecule has 1 aliphatic rings. The highest BCUT2D eigenvalue weighted by molar-refractivity contribution is 5.70. The highest BCUT2D eigenvalue weighted by Crippen LogP contribution is 2.38. The van der Waals surface area contributed by atoms with Crippen LogP contribution < -0.4 is 9.47 Å². The fraction of sp³-hybridized carbons (Fsp3) is 0.526. The summed E-state index contributed by atoms with van der Waals surface area (Å²) < 4.78 is 13.3. The molecule has 0 N–H and O–H groups in total. The molecule has 130 valence electrons. The van der Waals surface area contributed by atoms with E-state index in [1.807, 2.05) is 12.3 Å². The zero-order valence-electron chi connectivity index (χ0n) is 15.1. The number of hydrogen-bond acceptors (Lipinski definition) is 4. The summed E-state index contributed by atoms with van der Waals surface area (Å²) in [4.78, 5) is 7.05. The van der Waals surface area contributed by atoms with Crippen molar-refractivity contribution in [3.8, 4) is 22.9 Å². The molecule has 0 radical (unpaired) electrons. The minimum absolute atomic E-state index is 0.675. The largest absolute Gasteiger partial charge is 0.493 e. The Morgan fingerprint density at radius 1 is 1.25 bits per heavy atom. The molecule has 24 heavy (non-hydrogen) atoms. The molecule has 0 amide bonds. The number of aryl methyl sites for hydroxylation is 2. The summed E-state index contributed by atoms with van der Waals surface area (Å²) >= 11 is 0. The Kier molecular flexibility index (Phi) is 5.09. The van der Waals surface area contributed by atoms with E-state index < -0.39 is 0 Å². The summed E-state index contributed by atoms with van der Waals surface area (Å²) in [5.41, 5.74) is 2.12. The van der Waals surface area contributed by atoms with Gasteiger partial charge in [-0.15, -0.1) is 0 Å². The Balaban J connectivity index is 1.88. The van der Waals surface area contributed by atoms with Gasteiger partial charge in [0.2, 0.25) is 0 Å². The van der Waals surface area contributed by atoms with Gasteiger partial charge in [0.25, 0.3) is 0 Å². The van der Waals surface area contributed by atoms with Gasteiger partial charge in [0.1, 0.15) is 5.82 Å². The Bertz CT molecular complexity index is 696. The van der Waals surface area contributed by atoms with Gasteiger partial charge < -0.3 is 18.9 Å². The van der Waals surface area contributed by atoms with Gasteiger partial charge in [-0.25, -0.2) is 4.98 Å². The van der Waals surface area contributed by atoms with Crippen molar-refractivity contribution in [2.75, 3.05) is 27.8 Å². The second-order valence-corrected chi connectivity index (χ2v) is 6.56. The molecule has 3 rings (SSSR count). The highest BCUT2D eigenvalue weighted by Gasteiger charge is 2.22. The molecule has 1 saturated heterocycles. The quantitative estimate of drug-likeness (QED) is 0.815. The van der Waals surface area contributed by atoms with Crippen molar-refractivity contribution in [2.24, 2.45) is 0 Å². The average Bonchev–Trinajstić information content (AvgIpc) is 3.20. The molecule has 0 aliphatic carbocycles. The Morgan fingerprint density at radius 3 is 2.75 bits per heavy atom. The number of aromatic nitrogens is 2. The lowest BCUT2D eigenvalue weighted by atomic mass is 10.1. The summed E-state index contributed by atoms with van der Waals surface area (Å²) in [6.07, 6.45) is 7.66. The first kappa shape index (κ1) is 16.8. The first-order valence-corrected chi connectivity index (χ1v) is 8.58. The van der Waals surface area contributed by atoms with E-state index in [-0.39, 0.29) is 0 Å². The molecule has 1 fully saturated rings. The lowest BCUT2D eigenvalue weighted by Crippen LogP contribution is -2.26. The Hall–Kier alpha value is -2.01. The van der Waals surface area contributed by atoms with Crippen LogP contribution >= 0.6 is 0 Å². The number of nitrogens with zero attached hydrogens (tertiary/aromatic N) is 3. The number of likely N-dealkylation sites (tertiary alicyclic amines) is 1. The second kappa shape index (κ2) is 7.26. The van der Waals surface area contributed by atoms with Gasteiger partial charge in [-0.2, -0.15) is 0 Å². The van der Waals surface area contributed by atoms with Gasteiger partial charge in [-0.3, -0.25) is 0 Å². The molecular weight excluding hydrogens is 302 g/mol. The zero-order chi connectivity index (χ0) is 17.1. The third-order valence-corrected chi connectivity index (χ3v) is 4.95. The first-order valence-electron chi connectivity index (χ1n) is 8.58. The normalized spacial score (nSPS) is 18.1. The topological polar surface area (TPSA) is 39.5 Å². The monoisotopic (exact) mass is 329 g/mol. The minimum Gasteiger partial charge on any atom is -0.493 e. The fourth-order valence-corrected chi connectivity index (χ4v) is 3.63. The van der Waals surface area contributed by atoms with Crippen LogP contribution in [0.3, 0.4) is 0 Å². The van der Waals surface area contributed by atoms with Crippen LogP contribution in [0.25, 0.3) is 11.4 Å². The molecule has 5 nitrogen and oxygen atoms in total. The molecule has 0 saturated carbocycles. The molecule has 1 aromatic carbocycles. The van der Waals surface area contributed by atoms with Crippen LogP contribution in [0.5, 0.6) is 11.5 Å². The zero-order valence-corrected chi connectivity index (χ0v) is 15.1. The molecule has 2 aromatic rings. The molecule has 1 aromatic heterocycles. The number of benzene rings is 1. The van der Waals surface area contributed by atoms with Gasteiger partial charge in [0.15, 0.2) is 11.5 Å². The predicted octanol–water partition coefficient (Wildman–Crippen LogP) is 3.36. The third-order valence-electron chi connectivity index (χ3n) is 4.95. The van der Waals surface area contributed by atoms with E-state index >= 15 is 0 Å². The van der Waals surface area contributed by atoms with Crippen molar-refractivity contribution in [3.63, 3.8) is 0 Å². The van der Waals surface area contributed by atoms with Gasteiger partial charge in [-0.05, 0) is 57.5 Å². The fourth-order valence-electron chi connectivity index (χ4n) is 3.63. The van der Waals surface area contributed by atoms with Crippen molar-refractivity contribution in [1.82, 2.24) is 14.5 Å². The van der Waals surface area contributed by atoms with Crippen LogP contribution in [-0.4, -0.2) is 48.3 Å². The van der Waals surface area contributed by atoms with E-state index in [1.54, 1.807) is 14.2 Å². The number of methoxy groups -OCH3 is 2.